The molecule has 7 rings (SSSR count). The number of hydrogen-bond acceptors (Lipinski definition) is 6. The third-order valence-corrected chi connectivity index (χ3v) is 7.07. The Morgan fingerprint density at radius 2 is 2.19 bits per heavy atom. The molecule has 0 aromatic carbocycles. The minimum absolute atomic E-state index is 0.268. The van der Waals surface area contributed by atoms with Crippen LogP contribution in [0.5, 0.6) is 0 Å². The number of aromatic nitrogens is 3. The predicted molar refractivity (Wildman–Crippen MR) is 98.7 cm³/mol. The van der Waals surface area contributed by atoms with Crippen molar-refractivity contribution < 1.29 is 4.74 Å². The molecule has 7 heteroatoms. The number of nitrogen functional groups attached to an aromatic ring is 1. The van der Waals surface area contributed by atoms with E-state index >= 15 is 0 Å². The van der Waals surface area contributed by atoms with E-state index in [1.54, 1.807) is 12.3 Å². The highest BCUT2D eigenvalue weighted by Crippen LogP contribution is 2.86. The zero-order valence-corrected chi connectivity index (χ0v) is 15.5. The Balaban J connectivity index is 1.39. The molecule has 2 bridgehead atoms. The van der Waals surface area contributed by atoms with E-state index in [0.717, 1.165) is 36.3 Å². The fraction of sp³-hybridized carbons (Fsp3) is 0.550. The molecule has 2 saturated carbocycles. The molecule has 0 spiro atoms. The number of nitrogens with zero attached hydrogens (tertiary/aromatic N) is 5. The molecule has 5 aliphatic rings. The second kappa shape index (κ2) is 4.89. The zero-order valence-electron chi connectivity index (χ0n) is 15.5. The lowest BCUT2D eigenvalue weighted by atomic mass is 10.0. The number of piperidine rings is 1. The van der Waals surface area contributed by atoms with Gasteiger partial charge in [-0.1, -0.05) is 0 Å². The fourth-order valence-corrected chi connectivity index (χ4v) is 5.59. The molecule has 0 amide bonds. The van der Waals surface area contributed by atoms with E-state index in [0.29, 0.717) is 29.1 Å². The number of fused-ring (bicyclic) bond motifs is 1. The molecule has 3 aliphatic heterocycles. The van der Waals surface area contributed by atoms with E-state index < -0.39 is 0 Å². The summed E-state index contributed by atoms with van der Waals surface area (Å²) in [5.74, 6) is 1.83. The van der Waals surface area contributed by atoms with Gasteiger partial charge in [0.25, 0.3) is 0 Å². The number of hydrogen-bond donors (Lipinski definition) is 1. The van der Waals surface area contributed by atoms with E-state index in [-0.39, 0.29) is 5.82 Å². The topological polar surface area (TPSA) is 93.0 Å². The van der Waals surface area contributed by atoms with Crippen LogP contribution in [0.15, 0.2) is 18.3 Å². The van der Waals surface area contributed by atoms with Gasteiger partial charge >= 0.3 is 0 Å². The molecule has 2 aliphatic carbocycles. The number of anilines is 1. The summed E-state index contributed by atoms with van der Waals surface area (Å²) in [4.78, 5) is 6.85. The van der Waals surface area contributed by atoms with Gasteiger partial charge in [-0.2, -0.15) is 10.4 Å². The third-order valence-electron chi connectivity index (χ3n) is 7.07. The lowest BCUT2D eigenvalue weighted by molar-refractivity contribution is -0.0601. The molecule has 2 aromatic heterocycles. The Kier molecular flexibility index (Phi) is 2.83. The minimum atomic E-state index is 0.268. The van der Waals surface area contributed by atoms with Crippen molar-refractivity contribution in [1.82, 2.24) is 19.7 Å². The third kappa shape index (κ3) is 1.78. The van der Waals surface area contributed by atoms with Gasteiger partial charge in [0.05, 0.1) is 30.5 Å². The van der Waals surface area contributed by atoms with Crippen LogP contribution in [0.4, 0.5) is 5.82 Å². The molecule has 27 heavy (non-hydrogen) atoms. The summed E-state index contributed by atoms with van der Waals surface area (Å²) in [6, 6.07) is 7.70. The highest BCUT2D eigenvalue weighted by Gasteiger charge is 2.94. The highest BCUT2D eigenvalue weighted by atomic mass is 16.5. The van der Waals surface area contributed by atoms with Crippen molar-refractivity contribution in [2.75, 3.05) is 25.5 Å². The maximum atomic E-state index is 9.26. The molecule has 5 heterocycles. The van der Waals surface area contributed by atoms with E-state index in [1.165, 1.54) is 12.2 Å². The summed E-state index contributed by atoms with van der Waals surface area (Å²) in [5, 5.41) is 14.2. The van der Waals surface area contributed by atoms with Crippen molar-refractivity contribution in [2.45, 2.75) is 37.4 Å². The zero-order chi connectivity index (χ0) is 18.5. The first kappa shape index (κ1) is 15.6. The molecule has 4 unspecified atom stereocenters. The summed E-state index contributed by atoms with van der Waals surface area (Å²) < 4.78 is 7.60. The SMILES string of the molecule is CC(C)n1nc(-c2cnc(N)c(C#N)c2)cc1C12C3CN(C4COC4)C1C32. The molecule has 0 radical (unpaired) electrons. The number of ether oxygens (including phenoxy) is 1. The maximum absolute atomic E-state index is 9.26. The van der Waals surface area contributed by atoms with Crippen molar-refractivity contribution in [1.29, 1.82) is 5.26 Å². The standard InChI is InChI=1S/C20H22N6O/c1-10(2)26-16(4-15(24-26)12-3-11(5-21)19(22)23-6-12)20-14-7-25(13-8-27-9-13)18(20)17(14)20/h3-4,6,10,13-14,17-18H,7-9H2,1-2H3,(H2,22,23). The summed E-state index contributed by atoms with van der Waals surface area (Å²) in [6.45, 7) is 7.32. The van der Waals surface area contributed by atoms with Gasteiger partial charge in [-0.3, -0.25) is 9.58 Å². The Hall–Kier alpha value is -2.43. The molecule has 138 valence electrons. The second-order valence-electron chi connectivity index (χ2n) is 8.62. The van der Waals surface area contributed by atoms with Crippen LogP contribution in [0, 0.1) is 23.2 Å². The molecular formula is C20H22N6O. The first-order chi connectivity index (χ1) is 13.1. The molecule has 2 N–H and O–H groups in total. The molecule has 2 aromatic rings. The molecular weight excluding hydrogens is 340 g/mol. The highest BCUT2D eigenvalue weighted by molar-refractivity contribution is 5.67. The number of nitriles is 1. The van der Waals surface area contributed by atoms with Crippen LogP contribution in [0.2, 0.25) is 0 Å². The van der Waals surface area contributed by atoms with Crippen LogP contribution in [-0.4, -0.2) is 51.5 Å². The Morgan fingerprint density at radius 3 is 2.81 bits per heavy atom. The summed E-state index contributed by atoms with van der Waals surface area (Å²) in [6.07, 6.45) is 1.72. The van der Waals surface area contributed by atoms with Crippen LogP contribution in [0.25, 0.3) is 11.3 Å². The number of rotatable bonds is 4. The van der Waals surface area contributed by atoms with Crippen LogP contribution in [-0.2, 0) is 10.2 Å². The minimum Gasteiger partial charge on any atom is -0.383 e. The second-order valence-corrected chi connectivity index (χ2v) is 8.62. The molecule has 3 saturated heterocycles. The summed E-state index contributed by atoms with van der Waals surface area (Å²) in [5.41, 5.74) is 9.56. The monoisotopic (exact) mass is 362 g/mol. The molecule has 7 nitrogen and oxygen atoms in total. The van der Waals surface area contributed by atoms with Gasteiger partial charge in [0.1, 0.15) is 11.9 Å². The van der Waals surface area contributed by atoms with E-state index in [1.807, 2.05) is 0 Å². The van der Waals surface area contributed by atoms with Crippen molar-refractivity contribution in [3.05, 3.63) is 29.6 Å². The largest absolute Gasteiger partial charge is 0.383 e. The van der Waals surface area contributed by atoms with Crippen LogP contribution >= 0.6 is 0 Å². The average molecular weight is 362 g/mol. The Bertz CT molecular complexity index is 996. The molecule has 5 fully saturated rings. The first-order valence-corrected chi connectivity index (χ1v) is 9.66. The van der Waals surface area contributed by atoms with Gasteiger partial charge in [0, 0.05) is 41.5 Å². The van der Waals surface area contributed by atoms with Crippen LogP contribution in [0.3, 0.4) is 0 Å². The van der Waals surface area contributed by atoms with Gasteiger partial charge < -0.3 is 10.5 Å². The van der Waals surface area contributed by atoms with Gasteiger partial charge in [0.15, 0.2) is 0 Å². The lowest BCUT2D eigenvalue weighted by Crippen LogP contribution is -2.48. The van der Waals surface area contributed by atoms with Crippen LogP contribution < -0.4 is 5.73 Å². The average Bonchev–Trinajstić information content (AvgIpc) is 3.18. The number of nitrogens with two attached hydrogens (primary N) is 1. The Labute approximate surface area is 157 Å². The summed E-state index contributed by atoms with van der Waals surface area (Å²) in [7, 11) is 0. The normalized spacial score (nSPS) is 33.6. The van der Waals surface area contributed by atoms with Crippen molar-refractivity contribution in [3.8, 4) is 17.3 Å². The van der Waals surface area contributed by atoms with Crippen molar-refractivity contribution in [2.24, 2.45) is 11.8 Å². The van der Waals surface area contributed by atoms with Gasteiger partial charge in [0.2, 0.25) is 0 Å². The molecule has 4 atom stereocenters. The smallest absolute Gasteiger partial charge is 0.141 e. The van der Waals surface area contributed by atoms with Crippen molar-refractivity contribution >= 4 is 5.82 Å². The maximum Gasteiger partial charge on any atom is 0.141 e. The van der Waals surface area contributed by atoms with Crippen molar-refractivity contribution in [3.63, 3.8) is 0 Å². The quantitative estimate of drug-likeness (QED) is 0.887. The first-order valence-electron chi connectivity index (χ1n) is 9.66. The lowest BCUT2D eigenvalue weighted by Gasteiger charge is -2.34. The van der Waals surface area contributed by atoms with Gasteiger partial charge in [-0.25, -0.2) is 4.98 Å². The van der Waals surface area contributed by atoms with Gasteiger partial charge in [-0.05, 0) is 37.8 Å². The van der Waals surface area contributed by atoms with E-state index in [9.17, 15) is 5.26 Å². The van der Waals surface area contributed by atoms with E-state index in [2.05, 4.69) is 40.5 Å². The summed E-state index contributed by atoms with van der Waals surface area (Å²) >= 11 is 0. The van der Waals surface area contributed by atoms with E-state index in [4.69, 9.17) is 15.6 Å². The number of pyridine rings is 1. The Morgan fingerprint density at radius 1 is 1.37 bits per heavy atom. The van der Waals surface area contributed by atoms with Gasteiger partial charge in [-0.15, -0.1) is 0 Å². The van der Waals surface area contributed by atoms with Crippen LogP contribution in [0.1, 0.15) is 31.1 Å². The predicted octanol–water partition coefficient (Wildman–Crippen LogP) is 1.56. The fourth-order valence-electron chi connectivity index (χ4n) is 5.59.